The molecule has 0 radical (unpaired) electrons. The van der Waals surface area contributed by atoms with Gasteiger partial charge in [0, 0.05) is 13.1 Å². The molecule has 166 valence electrons. The zero-order chi connectivity index (χ0) is 19.8. The molecule has 1 fully saturated rings. The second-order valence-electron chi connectivity index (χ2n) is 7.99. The molecule has 4 N–H and O–H groups in total. The summed E-state index contributed by atoms with van der Waals surface area (Å²) in [6, 6.07) is 7.62. The van der Waals surface area contributed by atoms with E-state index in [-0.39, 0.29) is 49.1 Å². The molecule has 1 aromatic carbocycles. The van der Waals surface area contributed by atoms with Gasteiger partial charge in [-0.1, -0.05) is 45.0 Å². The van der Waals surface area contributed by atoms with Gasteiger partial charge in [0.2, 0.25) is 11.8 Å². The van der Waals surface area contributed by atoms with E-state index in [9.17, 15) is 9.59 Å². The first-order valence-electron chi connectivity index (χ1n) is 9.96. The van der Waals surface area contributed by atoms with Gasteiger partial charge in [0.05, 0.1) is 12.6 Å². The summed E-state index contributed by atoms with van der Waals surface area (Å²) in [6.45, 7) is 9.66. The Kier molecular flexibility index (Phi) is 13.2. The minimum absolute atomic E-state index is 0. The van der Waals surface area contributed by atoms with E-state index in [1.54, 1.807) is 0 Å². The molecule has 29 heavy (non-hydrogen) atoms. The predicted octanol–water partition coefficient (Wildman–Crippen LogP) is 2.48. The van der Waals surface area contributed by atoms with Crippen LogP contribution in [0.1, 0.15) is 44.7 Å². The van der Waals surface area contributed by atoms with E-state index in [2.05, 4.69) is 34.6 Å². The number of likely N-dealkylation sites (tertiary alicyclic amines) is 1. The summed E-state index contributed by atoms with van der Waals surface area (Å²) in [4.78, 5) is 26.4. The molecule has 0 saturated carbocycles. The lowest BCUT2D eigenvalue weighted by atomic mass is 9.98. The Balaban J connectivity index is 0.00000392. The molecule has 0 unspecified atom stereocenters. The fourth-order valence-corrected chi connectivity index (χ4v) is 3.19. The molecule has 8 heteroatoms. The summed E-state index contributed by atoms with van der Waals surface area (Å²) in [5.41, 5.74) is 8.15. The normalized spacial score (nSPS) is 15.8. The van der Waals surface area contributed by atoms with Gasteiger partial charge >= 0.3 is 0 Å². The SMILES string of the molecule is CC1CCN(Cc2ccccc2CNC(=O)CNC(=O)[C@@H](N)C(C)C)CC1.Cl.Cl. The molecule has 0 bridgehead atoms. The van der Waals surface area contributed by atoms with Crippen molar-refractivity contribution in [1.82, 2.24) is 15.5 Å². The third-order valence-electron chi connectivity index (χ3n) is 5.31. The molecule has 1 aliphatic rings. The van der Waals surface area contributed by atoms with Crippen LogP contribution in [0.2, 0.25) is 0 Å². The van der Waals surface area contributed by atoms with Crippen molar-refractivity contribution in [2.75, 3.05) is 19.6 Å². The number of nitrogens with one attached hydrogen (secondary N) is 2. The first kappa shape index (κ1) is 27.7. The molecule has 0 aliphatic carbocycles. The maximum absolute atomic E-state index is 12.1. The summed E-state index contributed by atoms with van der Waals surface area (Å²) in [7, 11) is 0. The Hall–Kier alpha value is -1.34. The zero-order valence-corrected chi connectivity index (χ0v) is 19.3. The average molecular weight is 447 g/mol. The molecule has 2 amide bonds. The largest absolute Gasteiger partial charge is 0.350 e. The van der Waals surface area contributed by atoms with Crippen molar-refractivity contribution in [3.63, 3.8) is 0 Å². The van der Waals surface area contributed by atoms with Crippen molar-refractivity contribution in [3.8, 4) is 0 Å². The Morgan fingerprint density at radius 2 is 1.69 bits per heavy atom. The maximum atomic E-state index is 12.1. The Labute approximate surface area is 187 Å². The second kappa shape index (κ2) is 13.8. The van der Waals surface area contributed by atoms with Crippen LogP contribution in [0.4, 0.5) is 0 Å². The Morgan fingerprint density at radius 1 is 1.10 bits per heavy atom. The summed E-state index contributed by atoms with van der Waals surface area (Å²) in [5, 5.41) is 5.49. The highest BCUT2D eigenvalue weighted by Crippen LogP contribution is 2.19. The number of nitrogens with zero attached hydrogens (tertiary/aromatic N) is 1. The summed E-state index contributed by atoms with van der Waals surface area (Å²) >= 11 is 0. The topological polar surface area (TPSA) is 87.5 Å². The maximum Gasteiger partial charge on any atom is 0.239 e. The second-order valence-corrected chi connectivity index (χ2v) is 7.99. The summed E-state index contributed by atoms with van der Waals surface area (Å²) in [6.07, 6.45) is 2.49. The van der Waals surface area contributed by atoms with Crippen molar-refractivity contribution in [3.05, 3.63) is 35.4 Å². The van der Waals surface area contributed by atoms with E-state index >= 15 is 0 Å². The van der Waals surface area contributed by atoms with Crippen LogP contribution in [0, 0.1) is 11.8 Å². The third kappa shape index (κ3) is 9.34. The van der Waals surface area contributed by atoms with E-state index in [0.29, 0.717) is 6.54 Å². The van der Waals surface area contributed by atoms with Crippen LogP contribution >= 0.6 is 24.8 Å². The molecular weight excluding hydrogens is 411 g/mol. The fourth-order valence-electron chi connectivity index (χ4n) is 3.19. The van der Waals surface area contributed by atoms with Crippen LogP contribution in [0.15, 0.2) is 24.3 Å². The average Bonchev–Trinajstić information content (AvgIpc) is 2.66. The van der Waals surface area contributed by atoms with Crippen LogP contribution in [-0.4, -0.2) is 42.4 Å². The van der Waals surface area contributed by atoms with Crippen molar-refractivity contribution >= 4 is 36.6 Å². The van der Waals surface area contributed by atoms with Gasteiger partial charge in [-0.2, -0.15) is 0 Å². The van der Waals surface area contributed by atoms with E-state index in [1.165, 1.54) is 18.4 Å². The van der Waals surface area contributed by atoms with E-state index in [1.807, 2.05) is 26.0 Å². The highest BCUT2D eigenvalue weighted by atomic mass is 35.5. The number of hydrogen-bond donors (Lipinski definition) is 3. The molecule has 1 saturated heterocycles. The molecule has 0 aromatic heterocycles. The van der Waals surface area contributed by atoms with Crippen LogP contribution in [0.3, 0.4) is 0 Å². The van der Waals surface area contributed by atoms with Gasteiger partial charge < -0.3 is 16.4 Å². The number of amides is 2. The van der Waals surface area contributed by atoms with Crippen molar-refractivity contribution in [2.24, 2.45) is 17.6 Å². The van der Waals surface area contributed by atoms with Gasteiger partial charge in [0.15, 0.2) is 0 Å². The van der Waals surface area contributed by atoms with Gasteiger partial charge in [-0.3, -0.25) is 14.5 Å². The van der Waals surface area contributed by atoms with Crippen LogP contribution in [0.25, 0.3) is 0 Å². The fraction of sp³-hybridized carbons (Fsp3) is 0.619. The quantitative estimate of drug-likeness (QED) is 0.572. The predicted molar refractivity (Wildman–Crippen MR) is 122 cm³/mol. The number of rotatable bonds is 8. The standard InChI is InChI=1S/C21H34N4O2.2ClH/c1-15(2)20(22)21(27)24-13-19(26)23-12-17-6-4-5-7-18(17)14-25-10-8-16(3)9-11-25;;/h4-7,15-16,20H,8-14,22H2,1-3H3,(H,23,26)(H,24,27);2*1H/t20-;;/m0../s1. The Morgan fingerprint density at radius 3 is 2.28 bits per heavy atom. The minimum atomic E-state index is -0.592. The number of benzene rings is 1. The smallest absolute Gasteiger partial charge is 0.239 e. The summed E-state index contributed by atoms with van der Waals surface area (Å²) < 4.78 is 0. The molecule has 6 nitrogen and oxygen atoms in total. The lowest BCUT2D eigenvalue weighted by Crippen LogP contribution is -2.47. The molecule has 1 heterocycles. The van der Waals surface area contributed by atoms with Crippen molar-refractivity contribution in [2.45, 2.75) is 52.7 Å². The number of hydrogen-bond acceptors (Lipinski definition) is 4. The number of nitrogens with two attached hydrogens (primary N) is 1. The van der Waals surface area contributed by atoms with Gasteiger partial charge in [-0.05, 0) is 48.9 Å². The molecule has 2 rings (SSSR count). The van der Waals surface area contributed by atoms with Crippen molar-refractivity contribution in [1.29, 1.82) is 0 Å². The highest BCUT2D eigenvalue weighted by molar-refractivity contribution is 5.87. The van der Waals surface area contributed by atoms with Gasteiger partial charge in [-0.25, -0.2) is 0 Å². The van der Waals surface area contributed by atoms with E-state index in [4.69, 9.17) is 5.73 Å². The highest BCUT2D eigenvalue weighted by Gasteiger charge is 2.18. The lowest BCUT2D eigenvalue weighted by Gasteiger charge is -2.30. The van der Waals surface area contributed by atoms with Gasteiger partial charge in [-0.15, -0.1) is 24.8 Å². The van der Waals surface area contributed by atoms with Gasteiger partial charge in [0.25, 0.3) is 0 Å². The number of halogens is 2. The third-order valence-corrected chi connectivity index (χ3v) is 5.31. The zero-order valence-electron chi connectivity index (χ0n) is 17.6. The first-order chi connectivity index (χ1) is 12.9. The number of carbonyl (C=O) groups excluding carboxylic acids is 2. The number of carbonyl (C=O) groups is 2. The lowest BCUT2D eigenvalue weighted by molar-refractivity contribution is -0.127. The molecule has 0 spiro atoms. The van der Waals surface area contributed by atoms with E-state index < -0.39 is 6.04 Å². The molecule has 1 aliphatic heterocycles. The van der Waals surface area contributed by atoms with Crippen LogP contribution in [-0.2, 0) is 22.7 Å². The summed E-state index contributed by atoms with van der Waals surface area (Å²) in [5.74, 6) is 0.355. The van der Waals surface area contributed by atoms with Crippen LogP contribution < -0.4 is 16.4 Å². The van der Waals surface area contributed by atoms with Crippen molar-refractivity contribution < 1.29 is 9.59 Å². The van der Waals surface area contributed by atoms with E-state index in [0.717, 1.165) is 31.1 Å². The molecule has 1 aromatic rings. The van der Waals surface area contributed by atoms with Gasteiger partial charge in [0.1, 0.15) is 0 Å². The first-order valence-corrected chi connectivity index (χ1v) is 9.96. The number of piperidine rings is 1. The van der Waals surface area contributed by atoms with Crippen LogP contribution in [0.5, 0.6) is 0 Å². The minimum Gasteiger partial charge on any atom is -0.350 e. The molecule has 1 atom stereocenters. The Bertz CT molecular complexity index is 635. The molecular formula is C21H36Cl2N4O2. The monoisotopic (exact) mass is 446 g/mol.